The predicted octanol–water partition coefficient (Wildman–Crippen LogP) is 3.04. The number of benzene rings is 1. The van der Waals surface area contributed by atoms with Gasteiger partial charge in [0.05, 0.1) is 15.2 Å². The van der Waals surface area contributed by atoms with E-state index < -0.39 is 0 Å². The molecule has 0 aliphatic rings. The van der Waals surface area contributed by atoms with E-state index in [4.69, 9.17) is 0 Å². The smallest absolute Gasteiger partial charge is 0.0942 e. The number of hydrogen-bond acceptors (Lipinski definition) is 2. The van der Waals surface area contributed by atoms with E-state index in [1.807, 2.05) is 0 Å². The largest absolute Gasteiger partial charge is 0.241 e. The number of rotatable bonds is 1. The van der Waals surface area contributed by atoms with Crippen LogP contribution in [0.25, 0.3) is 10.2 Å². The van der Waals surface area contributed by atoms with Gasteiger partial charge in [-0.25, -0.2) is 4.98 Å². The van der Waals surface area contributed by atoms with E-state index in [2.05, 4.69) is 37.0 Å². The molecule has 0 aliphatic carbocycles. The van der Waals surface area contributed by atoms with Crippen molar-refractivity contribution in [2.24, 2.45) is 0 Å². The number of aromatic nitrogens is 1. The minimum Gasteiger partial charge on any atom is -0.241 e. The van der Waals surface area contributed by atoms with E-state index in [9.17, 15) is 0 Å². The van der Waals surface area contributed by atoms with Crippen molar-refractivity contribution in [3.05, 3.63) is 35.7 Å². The number of nitrogens with zero attached hydrogens (tertiary/aromatic N) is 1. The number of thiazole rings is 1. The summed E-state index contributed by atoms with van der Waals surface area (Å²) in [6.07, 6.45) is 1.04. The quantitative estimate of drug-likeness (QED) is 0.650. The van der Waals surface area contributed by atoms with Crippen molar-refractivity contribution < 1.29 is 0 Å². The summed E-state index contributed by atoms with van der Waals surface area (Å²) in [5, 5.41) is 0.908. The molecule has 2 heteroatoms. The highest BCUT2D eigenvalue weighted by molar-refractivity contribution is 7.18. The fourth-order valence-corrected chi connectivity index (χ4v) is 2.15. The Hall–Kier alpha value is -0.890. The van der Waals surface area contributed by atoms with Gasteiger partial charge in [0.25, 0.3) is 0 Å². The van der Waals surface area contributed by atoms with Crippen LogP contribution >= 0.6 is 11.3 Å². The van der Waals surface area contributed by atoms with Crippen molar-refractivity contribution in [3.8, 4) is 0 Å². The van der Waals surface area contributed by atoms with Gasteiger partial charge >= 0.3 is 0 Å². The third kappa shape index (κ3) is 1.12. The van der Waals surface area contributed by atoms with Crippen molar-refractivity contribution in [1.29, 1.82) is 0 Å². The molecule has 0 N–H and O–H groups in total. The van der Waals surface area contributed by atoms with Crippen molar-refractivity contribution in [1.82, 2.24) is 4.98 Å². The molecule has 2 rings (SSSR count). The van der Waals surface area contributed by atoms with E-state index in [1.54, 1.807) is 11.3 Å². The molecular formula is C10H10NS. The summed E-state index contributed by atoms with van der Waals surface area (Å²) in [6.45, 7) is 5.99. The molecular weight excluding hydrogens is 166 g/mol. The third-order valence-electron chi connectivity index (χ3n) is 1.93. The average Bonchev–Trinajstić information content (AvgIpc) is 2.44. The second-order valence-electron chi connectivity index (χ2n) is 2.73. The van der Waals surface area contributed by atoms with Gasteiger partial charge in [-0.1, -0.05) is 19.1 Å². The molecule has 0 saturated heterocycles. The summed E-state index contributed by atoms with van der Waals surface area (Å²) in [5.41, 5.74) is 2.45. The molecule has 0 aliphatic heterocycles. The van der Waals surface area contributed by atoms with Gasteiger partial charge in [-0.3, -0.25) is 0 Å². The Morgan fingerprint density at radius 1 is 1.50 bits per heavy atom. The topological polar surface area (TPSA) is 12.9 Å². The lowest BCUT2D eigenvalue weighted by molar-refractivity contribution is 1.15. The molecule has 0 fully saturated rings. The fourth-order valence-electron chi connectivity index (χ4n) is 1.34. The van der Waals surface area contributed by atoms with Gasteiger partial charge < -0.3 is 0 Å². The van der Waals surface area contributed by atoms with Crippen molar-refractivity contribution >= 4 is 21.6 Å². The molecule has 1 radical (unpaired) electrons. The van der Waals surface area contributed by atoms with Gasteiger partial charge in [0.15, 0.2) is 0 Å². The van der Waals surface area contributed by atoms with Crippen LogP contribution in [0.1, 0.15) is 17.5 Å². The molecule has 0 atom stereocenters. The second-order valence-corrected chi connectivity index (χ2v) is 3.84. The van der Waals surface area contributed by atoms with Crippen LogP contribution in [-0.4, -0.2) is 4.98 Å². The highest BCUT2D eigenvalue weighted by Gasteiger charge is 2.02. The Balaban J connectivity index is 2.78. The first kappa shape index (κ1) is 7.74. The Morgan fingerprint density at radius 2 is 2.33 bits per heavy atom. The van der Waals surface area contributed by atoms with Gasteiger partial charge in [-0.05, 0) is 18.1 Å². The monoisotopic (exact) mass is 176 g/mol. The predicted molar refractivity (Wildman–Crippen MR) is 53.5 cm³/mol. The average molecular weight is 176 g/mol. The summed E-state index contributed by atoms with van der Waals surface area (Å²) in [7, 11) is 0. The van der Waals surface area contributed by atoms with Crippen LogP contribution in [0.4, 0.5) is 0 Å². The van der Waals surface area contributed by atoms with Crippen LogP contribution in [0.2, 0.25) is 0 Å². The molecule has 12 heavy (non-hydrogen) atoms. The van der Waals surface area contributed by atoms with Crippen molar-refractivity contribution in [2.75, 3.05) is 0 Å². The number of aryl methyl sites for hydroxylation is 1. The standard InChI is InChI=1S/C10H10NS/c1-3-8-5-4-6-9-10(8)11-7(2)12-9/h4-6H,2-3H2,1H3. The Bertz CT molecular complexity index is 403. The summed E-state index contributed by atoms with van der Waals surface area (Å²) in [4.78, 5) is 4.39. The molecule has 1 heterocycles. The summed E-state index contributed by atoms with van der Waals surface area (Å²) in [6, 6.07) is 6.31. The van der Waals surface area contributed by atoms with Gasteiger partial charge in [0.2, 0.25) is 0 Å². The summed E-state index contributed by atoms with van der Waals surface area (Å²) in [5.74, 6) is 0. The summed E-state index contributed by atoms with van der Waals surface area (Å²) >= 11 is 1.66. The van der Waals surface area contributed by atoms with Crippen LogP contribution in [0.3, 0.4) is 0 Å². The third-order valence-corrected chi connectivity index (χ3v) is 2.80. The lowest BCUT2D eigenvalue weighted by Gasteiger charge is -1.95. The first-order valence-electron chi connectivity index (χ1n) is 4.01. The van der Waals surface area contributed by atoms with Gasteiger partial charge in [0, 0.05) is 6.92 Å². The maximum absolute atomic E-state index is 4.39. The molecule has 0 amide bonds. The van der Waals surface area contributed by atoms with Crippen molar-refractivity contribution in [2.45, 2.75) is 13.3 Å². The number of hydrogen-bond donors (Lipinski definition) is 0. The molecule has 61 valence electrons. The normalized spacial score (nSPS) is 10.8. The lowest BCUT2D eigenvalue weighted by atomic mass is 10.1. The Morgan fingerprint density at radius 3 is 3.08 bits per heavy atom. The molecule has 2 aromatic rings. The van der Waals surface area contributed by atoms with Gasteiger partial charge in [0.1, 0.15) is 0 Å². The van der Waals surface area contributed by atoms with Crippen LogP contribution in [0.15, 0.2) is 18.2 Å². The molecule has 0 saturated carbocycles. The Kier molecular flexibility index (Phi) is 1.85. The maximum atomic E-state index is 4.39. The minimum atomic E-state index is 0.908. The first-order valence-corrected chi connectivity index (χ1v) is 4.83. The molecule has 1 aromatic heterocycles. The highest BCUT2D eigenvalue weighted by atomic mass is 32.1. The van der Waals surface area contributed by atoms with Gasteiger partial charge in [-0.15, -0.1) is 11.3 Å². The minimum absolute atomic E-state index is 0.908. The zero-order valence-corrected chi connectivity index (χ0v) is 7.82. The molecule has 0 spiro atoms. The first-order chi connectivity index (χ1) is 5.81. The van der Waals surface area contributed by atoms with Crippen molar-refractivity contribution in [3.63, 3.8) is 0 Å². The number of fused-ring (bicyclic) bond motifs is 1. The zero-order chi connectivity index (χ0) is 8.55. The number of para-hydroxylation sites is 1. The molecule has 0 unspecified atom stereocenters. The zero-order valence-electron chi connectivity index (χ0n) is 7.00. The van der Waals surface area contributed by atoms with E-state index in [1.165, 1.54) is 10.3 Å². The van der Waals surface area contributed by atoms with Gasteiger partial charge in [-0.2, -0.15) is 0 Å². The van der Waals surface area contributed by atoms with E-state index in [-0.39, 0.29) is 0 Å². The summed E-state index contributed by atoms with van der Waals surface area (Å²) < 4.78 is 1.25. The lowest BCUT2D eigenvalue weighted by Crippen LogP contribution is -1.81. The van der Waals surface area contributed by atoms with E-state index >= 15 is 0 Å². The molecule has 0 bridgehead atoms. The van der Waals surface area contributed by atoms with Crippen LogP contribution in [0.5, 0.6) is 0 Å². The van der Waals surface area contributed by atoms with Crippen LogP contribution in [0, 0.1) is 6.92 Å². The van der Waals surface area contributed by atoms with Crippen LogP contribution < -0.4 is 0 Å². The molecule has 1 nitrogen and oxygen atoms in total. The second kappa shape index (κ2) is 2.87. The molecule has 1 aromatic carbocycles. The fraction of sp³-hybridized carbons (Fsp3) is 0.200. The highest BCUT2D eigenvalue weighted by Crippen LogP contribution is 2.24. The SMILES string of the molecule is [CH2]c1nc2c(CC)cccc2s1. The van der Waals surface area contributed by atoms with E-state index in [0.717, 1.165) is 16.9 Å². The maximum Gasteiger partial charge on any atom is 0.0942 e. The van der Waals surface area contributed by atoms with E-state index in [0.29, 0.717) is 0 Å². The Labute approximate surface area is 76.1 Å². The van der Waals surface area contributed by atoms with Crippen LogP contribution in [-0.2, 0) is 6.42 Å².